The molecule has 1 amide bonds. The topological polar surface area (TPSA) is 108 Å². The number of carbonyl (C=O) groups is 2. The number of hydrogen-bond donors (Lipinski definition) is 1. The normalized spacial score (nSPS) is 15.3. The maximum Gasteiger partial charge on any atom is 0.335 e. The first-order valence-electron chi connectivity index (χ1n) is 16.1. The predicted octanol–water partition coefficient (Wildman–Crippen LogP) is 8.24. The molecule has 3 aromatic carbocycles. The molecule has 2 aliphatic heterocycles. The second-order valence-corrected chi connectivity index (χ2v) is 13.6. The van der Waals surface area contributed by atoms with E-state index in [-0.39, 0.29) is 30.9 Å². The van der Waals surface area contributed by atoms with Gasteiger partial charge in [0.2, 0.25) is 6.79 Å². The minimum absolute atomic E-state index is 0.00691. The van der Waals surface area contributed by atoms with Gasteiger partial charge in [0.05, 0.1) is 34.1 Å². The van der Waals surface area contributed by atoms with Crippen molar-refractivity contribution < 1.29 is 28.9 Å². The van der Waals surface area contributed by atoms with Gasteiger partial charge < -0.3 is 28.8 Å². The molecular formula is C37H36Cl2N4O6. The molecule has 0 fully saturated rings. The molecule has 0 aliphatic carbocycles. The summed E-state index contributed by atoms with van der Waals surface area (Å²) in [7, 11) is 1.90. The van der Waals surface area contributed by atoms with E-state index in [4.69, 9.17) is 37.4 Å². The van der Waals surface area contributed by atoms with E-state index in [0.717, 1.165) is 60.9 Å². The van der Waals surface area contributed by atoms with Crippen molar-refractivity contribution in [3.63, 3.8) is 0 Å². The zero-order valence-electron chi connectivity index (χ0n) is 28.1. The Bertz CT molecular complexity index is 2180. The number of hydrogen-bond acceptors (Lipinski definition) is 6. The van der Waals surface area contributed by atoms with Crippen LogP contribution in [-0.4, -0.2) is 51.3 Å². The number of aromatic carboxylic acids is 1. The Morgan fingerprint density at radius 1 is 1.06 bits per heavy atom. The average Bonchev–Trinajstić information content (AvgIpc) is 3.73. The number of benzene rings is 3. The Kier molecular flexibility index (Phi) is 8.27. The van der Waals surface area contributed by atoms with Gasteiger partial charge in [-0.1, -0.05) is 29.3 Å². The van der Waals surface area contributed by atoms with Crippen molar-refractivity contribution in [1.29, 1.82) is 0 Å². The van der Waals surface area contributed by atoms with Gasteiger partial charge in [-0.05, 0) is 94.5 Å². The smallest absolute Gasteiger partial charge is 0.335 e. The van der Waals surface area contributed by atoms with Crippen LogP contribution in [0, 0.1) is 27.7 Å². The van der Waals surface area contributed by atoms with E-state index in [0.29, 0.717) is 47.4 Å². The van der Waals surface area contributed by atoms with E-state index in [9.17, 15) is 14.7 Å². The second-order valence-electron chi connectivity index (χ2n) is 12.8. The summed E-state index contributed by atoms with van der Waals surface area (Å²) in [6.45, 7) is 10.5. The fraction of sp³-hybridized carbons (Fsp3) is 0.324. The summed E-state index contributed by atoms with van der Waals surface area (Å²) in [6, 6.07) is 10.4. The first-order chi connectivity index (χ1) is 23.4. The maximum atomic E-state index is 14.8. The Labute approximate surface area is 293 Å². The molecule has 0 bridgehead atoms. The SMILES string of the molecule is Cc1cc(OCCCc2c3n(c4c(-c5c(C)nn(C)c5C)c(Cl)ccc24)[C@H](C)CN(c2cc(C(=O)O)cc4c2OCO4)C3=O)cc(C)c1Cl. The van der Waals surface area contributed by atoms with Crippen molar-refractivity contribution in [2.24, 2.45) is 7.05 Å². The molecule has 0 spiro atoms. The highest BCUT2D eigenvalue weighted by Crippen LogP contribution is 2.48. The third kappa shape index (κ3) is 5.38. The lowest BCUT2D eigenvalue weighted by Crippen LogP contribution is -2.43. The highest BCUT2D eigenvalue weighted by atomic mass is 35.5. The molecule has 7 rings (SSSR count). The first-order valence-corrected chi connectivity index (χ1v) is 16.9. The molecule has 2 aromatic heterocycles. The molecule has 4 heterocycles. The molecule has 0 radical (unpaired) electrons. The monoisotopic (exact) mass is 702 g/mol. The summed E-state index contributed by atoms with van der Waals surface area (Å²) in [5, 5.41) is 16.8. The van der Waals surface area contributed by atoms with Crippen LogP contribution in [0.1, 0.15) is 68.3 Å². The molecule has 5 aromatic rings. The Balaban J connectivity index is 1.37. The predicted molar refractivity (Wildman–Crippen MR) is 189 cm³/mol. The lowest BCUT2D eigenvalue weighted by atomic mass is 9.98. The van der Waals surface area contributed by atoms with Crippen LogP contribution < -0.4 is 19.1 Å². The molecule has 1 atom stereocenters. The van der Waals surface area contributed by atoms with Crippen LogP contribution in [0.15, 0.2) is 36.4 Å². The quantitative estimate of drug-likeness (QED) is 0.162. The largest absolute Gasteiger partial charge is 0.494 e. The number of anilines is 1. The molecule has 49 heavy (non-hydrogen) atoms. The van der Waals surface area contributed by atoms with Crippen LogP contribution in [0.5, 0.6) is 17.2 Å². The molecule has 0 unspecified atom stereocenters. The van der Waals surface area contributed by atoms with Gasteiger partial charge in [0.1, 0.15) is 11.4 Å². The molecule has 0 saturated heterocycles. The van der Waals surface area contributed by atoms with E-state index in [1.165, 1.54) is 12.1 Å². The lowest BCUT2D eigenvalue weighted by molar-refractivity contribution is 0.0696. The molecule has 10 nitrogen and oxygen atoms in total. The summed E-state index contributed by atoms with van der Waals surface area (Å²) in [4.78, 5) is 28.5. The Morgan fingerprint density at radius 2 is 1.80 bits per heavy atom. The number of carboxylic acids is 1. The lowest BCUT2D eigenvalue weighted by Gasteiger charge is -2.34. The van der Waals surface area contributed by atoms with Crippen molar-refractivity contribution in [3.8, 4) is 28.4 Å². The molecule has 254 valence electrons. The number of nitrogens with zero attached hydrogens (tertiary/aromatic N) is 4. The third-order valence-corrected chi connectivity index (χ3v) is 10.5. The van der Waals surface area contributed by atoms with E-state index in [1.54, 1.807) is 4.90 Å². The fourth-order valence-electron chi connectivity index (χ4n) is 7.25. The van der Waals surface area contributed by atoms with Crippen LogP contribution >= 0.6 is 23.2 Å². The minimum Gasteiger partial charge on any atom is -0.494 e. The summed E-state index contributed by atoms with van der Waals surface area (Å²) < 4.78 is 21.5. The van der Waals surface area contributed by atoms with E-state index < -0.39 is 5.97 Å². The van der Waals surface area contributed by atoms with E-state index in [1.807, 2.05) is 70.6 Å². The van der Waals surface area contributed by atoms with Gasteiger partial charge in [-0.2, -0.15) is 5.10 Å². The van der Waals surface area contributed by atoms with Gasteiger partial charge in [0.25, 0.3) is 5.91 Å². The number of amides is 1. The molecule has 0 saturated carbocycles. The maximum absolute atomic E-state index is 14.8. The van der Waals surface area contributed by atoms with Crippen LogP contribution in [0.4, 0.5) is 5.69 Å². The third-order valence-electron chi connectivity index (χ3n) is 9.55. The van der Waals surface area contributed by atoms with Crippen molar-refractivity contribution in [2.75, 3.05) is 24.8 Å². The molecule has 12 heteroatoms. The number of carbonyl (C=O) groups excluding carboxylic acids is 1. The zero-order chi connectivity index (χ0) is 34.9. The highest BCUT2D eigenvalue weighted by Gasteiger charge is 2.39. The molecule has 1 N–H and O–H groups in total. The van der Waals surface area contributed by atoms with Crippen molar-refractivity contribution in [2.45, 2.75) is 53.5 Å². The van der Waals surface area contributed by atoms with E-state index >= 15 is 0 Å². The van der Waals surface area contributed by atoms with Crippen molar-refractivity contribution in [3.05, 3.63) is 85.8 Å². The highest BCUT2D eigenvalue weighted by molar-refractivity contribution is 6.35. The number of ether oxygens (including phenoxy) is 3. The first kappa shape index (κ1) is 32.9. The van der Waals surface area contributed by atoms with Crippen LogP contribution in [-0.2, 0) is 13.5 Å². The molecular weight excluding hydrogens is 667 g/mol. The zero-order valence-corrected chi connectivity index (χ0v) is 29.6. The number of fused-ring (bicyclic) bond motifs is 4. The second kappa shape index (κ2) is 12.3. The van der Waals surface area contributed by atoms with Crippen molar-refractivity contribution in [1.82, 2.24) is 14.3 Å². The molecule has 2 aliphatic rings. The standard InChI is InChI=1S/C37H36Cl2N4O6/c1-18-12-24(13-19(2)32(18)39)47-11-7-8-25-26-9-10-27(38)31(30-21(4)40-41(6)22(30)5)33(26)43-20(3)16-42(36(44)34(25)43)28-14-23(37(45)46)15-29-35(28)49-17-48-29/h9-10,12-15,20H,7-8,11,16-17H2,1-6H3,(H,45,46)/t20-/m1/s1. The average molecular weight is 704 g/mol. The number of aryl methyl sites for hydroxylation is 5. The minimum atomic E-state index is -1.13. The van der Waals surface area contributed by atoms with Crippen LogP contribution in [0.2, 0.25) is 10.0 Å². The van der Waals surface area contributed by atoms with Crippen LogP contribution in [0.25, 0.3) is 22.0 Å². The Hall–Kier alpha value is -4.67. The summed E-state index contributed by atoms with van der Waals surface area (Å²) in [5.74, 6) is -0.00682. The summed E-state index contributed by atoms with van der Waals surface area (Å²) in [5.41, 5.74) is 8.07. The number of halogens is 2. The van der Waals surface area contributed by atoms with Gasteiger partial charge >= 0.3 is 5.97 Å². The summed E-state index contributed by atoms with van der Waals surface area (Å²) in [6.07, 6.45) is 1.16. The summed E-state index contributed by atoms with van der Waals surface area (Å²) >= 11 is 13.4. The van der Waals surface area contributed by atoms with Crippen molar-refractivity contribution >= 4 is 51.7 Å². The van der Waals surface area contributed by atoms with Gasteiger partial charge in [-0.15, -0.1) is 0 Å². The number of carboxylic acid groups (broad SMARTS) is 1. The van der Waals surface area contributed by atoms with Gasteiger partial charge in [-0.3, -0.25) is 9.48 Å². The number of aromatic nitrogens is 3. The van der Waals surface area contributed by atoms with Gasteiger partial charge in [0, 0.05) is 46.9 Å². The van der Waals surface area contributed by atoms with Gasteiger partial charge in [-0.25, -0.2) is 4.79 Å². The number of rotatable bonds is 8. The van der Waals surface area contributed by atoms with Gasteiger partial charge in [0.15, 0.2) is 11.5 Å². The fourth-order valence-corrected chi connectivity index (χ4v) is 7.61. The van der Waals surface area contributed by atoms with E-state index in [2.05, 4.69) is 9.67 Å². The van der Waals surface area contributed by atoms with Crippen LogP contribution in [0.3, 0.4) is 0 Å². The Morgan fingerprint density at radius 3 is 2.47 bits per heavy atom.